The van der Waals surface area contributed by atoms with E-state index in [-0.39, 0.29) is 17.2 Å². The Morgan fingerprint density at radius 1 is 1.14 bits per heavy atom. The summed E-state index contributed by atoms with van der Waals surface area (Å²) in [5.41, 5.74) is 1.000. The highest BCUT2D eigenvalue weighted by Crippen LogP contribution is 2.35. The lowest BCUT2D eigenvalue weighted by Crippen LogP contribution is -2.49. The number of hydrogen-bond donors (Lipinski definition) is 3. The van der Waals surface area contributed by atoms with Crippen molar-refractivity contribution in [3.05, 3.63) is 70.7 Å². The molecule has 1 aromatic heterocycles. The molecule has 0 radical (unpaired) electrons. The molecular formula is C24H20N4O7S. The quantitative estimate of drug-likeness (QED) is 0.413. The van der Waals surface area contributed by atoms with Crippen LogP contribution >= 0.6 is 11.3 Å². The number of hydrogen-bond acceptors (Lipinski definition) is 8. The molecule has 0 aliphatic carbocycles. The molecule has 1 fully saturated rings. The number of carbonyl (C=O) groups is 4. The highest BCUT2D eigenvalue weighted by atomic mass is 32.1. The van der Waals surface area contributed by atoms with E-state index in [1.807, 2.05) is 6.07 Å². The fourth-order valence-electron chi connectivity index (χ4n) is 4.01. The van der Waals surface area contributed by atoms with Crippen LogP contribution < -0.4 is 20.1 Å². The van der Waals surface area contributed by atoms with E-state index in [2.05, 4.69) is 15.6 Å². The number of ether oxygens (including phenoxy) is 2. The molecule has 0 unspecified atom stereocenters. The molecule has 4 amide bonds. The van der Waals surface area contributed by atoms with E-state index in [0.717, 1.165) is 21.8 Å². The predicted octanol–water partition coefficient (Wildman–Crippen LogP) is 2.46. The van der Waals surface area contributed by atoms with Crippen molar-refractivity contribution < 1.29 is 33.8 Å². The first-order valence-electron chi connectivity index (χ1n) is 11.0. The summed E-state index contributed by atoms with van der Waals surface area (Å²) in [6.07, 6.45) is 0.0524. The Morgan fingerprint density at radius 2 is 1.89 bits per heavy atom. The number of nitrogens with one attached hydrogen (secondary N) is 2. The molecule has 5 rings (SSSR count). The average Bonchev–Trinajstić information content (AvgIpc) is 3.47. The van der Waals surface area contributed by atoms with Crippen molar-refractivity contribution in [2.45, 2.75) is 18.5 Å². The number of anilines is 1. The summed E-state index contributed by atoms with van der Waals surface area (Å²) in [6, 6.07) is 11.0. The number of carbonyl (C=O) groups excluding carboxylic acids is 3. The van der Waals surface area contributed by atoms with Gasteiger partial charge in [0.1, 0.15) is 25.3 Å². The number of benzene rings is 2. The highest BCUT2D eigenvalue weighted by Gasteiger charge is 2.45. The standard InChI is InChI=1S/C24H20N4O7S/c29-20(27-23-25-15(12-36-23)22(31)32)16(10-13-4-2-1-3-5-13)28-21(30)19(26-24(28)33)14-6-7-17-18(11-14)35-9-8-34-17/h1-7,11-12,16,19H,8-10H2,(H,26,33)(H,31,32)(H,25,27,29)/t16-,19+/m0/s1. The predicted molar refractivity (Wildman–Crippen MR) is 127 cm³/mol. The second kappa shape index (κ2) is 9.66. The number of rotatable bonds is 7. The van der Waals surface area contributed by atoms with Crippen LogP contribution in [0.5, 0.6) is 11.5 Å². The number of urea groups is 1. The highest BCUT2D eigenvalue weighted by molar-refractivity contribution is 7.14. The number of imide groups is 1. The average molecular weight is 509 g/mol. The van der Waals surface area contributed by atoms with Gasteiger partial charge in [0.05, 0.1) is 0 Å². The van der Waals surface area contributed by atoms with Crippen molar-refractivity contribution in [3.8, 4) is 11.5 Å². The van der Waals surface area contributed by atoms with Gasteiger partial charge in [0.25, 0.3) is 5.91 Å². The van der Waals surface area contributed by atoms with E-state index in [4.69, 9.17) is 14.6 Å². The first kappa shape index (κ1) is 23.3. The number of fused-ring (bicyclic) bond motifs is 1. The zero-order chi connectivity index (χ0) is 25.2. The Hall–Kier alpha value is -4.45. The van der Waals surface area contributed by atoms with Gasteiger partial charge in [0.15, 0.2) is 22.3 Å². The van der Waals surface area contributed by atoms with Gasteiger partial charge in [-0.25, -0.2) is 19.5 Å². The summed E-state index contributed by atoms with van der Waals surface area (Å²) >= 11 is 0.931. The summed E-state index contributed by atoms with van der Waals surface area (Å²) < 4.78 is 11.1. The molecule has 12 heteroatoms. The lowest BCUT2D eigenvalue weighted by molar-refractivity contribution is -0.134. The maximum absolute atomic E-state index is 13.5. The molecule has 3 heterocycles. The maximum atomic E-state index is 13.5. The molecule has 0 bridgehead atoms. The second-order valence-electron chi connectivity index (χ2n) is 8.03. The first-order valence-corrected chi connectivity index (χ1v) is 11.9. The summed E-state index contributed by atoms with van der Waals surface area (Å²) in [4.78, 5) is 55.7. The summed E-state index contributed by atoms with van der Waals surface area (Å²) in [6.45, 7) is 0.787. The summed E-state index contributed by atoms with van der Waals surface area (Å²) in [7, 11) is 0. The SMILES string of the molecule is O=C(O)c1csc(NC(=O)[C@H](Cc2ccccc2)N2C(=O)N[C@H](c3ccc4c(c3)OCCO4)C2=O)n1. The number of carboxylic acids is 1. The Labute approximate surface area is 208 Å². The van der Waals surface area contributed by atoms with Gasteiger partial charge < -0.3 is 25.2 Å². The normalized spacial score (nSPS) is 17.4. The Bertz CT molecular complexity index is 1340. The zero-order valence-corrected chi connectivity index (χ0v) is 19.5. The Kier molecular flexibility index (Phi) is 6.25. The van der Waals surface area contributed by atoms with Gasteiger partial charge in [0, 0.05) is 11.8 Å². The van der Waals surface area contributed by atoms with Gasteiger partial charge >= 0.3 is 12.0 Å². The van der Waals surface area contributed by atoms with Crippen LogP contribution in [0.1, 0.15) is 27.7 Å². The number of amides is 4. The zero-order valence-electron chi connectivity index (χ0n) is 18.7. The minimum atomic E-state index is -1.23. The van der Waals surface area contributed by atoms with Crippen molar-refractivity contribution >= 4 is 40.3 Å². The van der Waals surface area contributed by atoms with E-state index in [9.17, 15) is 19.2 Å². The van der Waals surface area contributed by atoms with Crippen LogP contribution in [-0.2, 0) is 16.0 Å². The summed E-state index contributed by atoms with van der Waals surface area (Å²) in [5, 5.41) is 15.6. The van der Waals surface area contributed by atoms with E-state index < -0.39 is 35.9 Å². The van der Waals surface area contributed by atoms with Gasteiger partial charge in [-0.2, -0.15) is 0 Å². The van der Waals surface area contributed by atoms with Gasteiger partial charge in [0.2, 0.25) is 5.91 Å². The third-order valence-corrected chi connectivity index (χ3v) is 6.47. The summed E-state index contributed by atoms with van der Waals surface area (Å²) in [5.74, 6) is -1.49. The Balaban J connectivity index is 1.42. The molecule has 36 heavy (non-hydrogen) atoms. The third-order valence-electron chi connectivity index (χ3n) is 5.71. The van der Waals surface area contributed by atoms with Crippen molar-refractivity contribution in [1.29, 1.82) is 0 Å². The minimum absolute atomic E-state index is 0.0471. The largest absolute Gasteiger partial charge is 0.486 e. The number of thiazole rings is 1. The molecular weight excluding hydrogens is 488 g/mol. The van der Waals surface area contributed by atoms with Crippen molar-refractivity contribution in [2.24, 2.45) is 0 Å². The van der Waals surface area contributed by atoms with E-state index in [1.54, 1.807) is 42.5 Å². The van der Waals surface area contributed by atoms with Crippen molar-refractivity contribution in [2.75, 3.05) is 18.5 Å². The molecule has 2 aromatic carbocycles. The van der Waals surface area contributed by atoms with Gasteiger partial charge in [-0.05, 0) is 23.3 Å². The number of aromatic nitrogens is 1. The molecule has 2 atom stereocenters. The van der Waals surface area contributed by atoms with Crippen LogP contribution in [0, 0.1) is 0 Å². The van der Waals surface area contributed by atoms with E-state index >= 15 is 0 Å². The molecule has 11 nitrogen and oxygen atoms in total. The number of nitrogens with zero attached hydrogens (tertiary/aromatic N) is 2. The van der Waals surface area contributed by atoms with Gasteiger partial charge in [-0.15, -0.1) is 11.3 Å². The lowest BCUT2D eigenvalue weighted by Gasteiger charge is -2.24. The van der Waals surface area contributed by atoms with Crippen LogP contribution in [0.4, 0.5) is 9.93 Å². The van der Waals surface area contributed by atoms with Crippen LogP contribution in [0.15, 0.2) is 53.9 Å². The maximum Gasteiger partial charge on any atom is 0.355 e. The minimum Gasteiger partial charge on any atom is -0.486 e. The number of aromatic carboxylic acids is 1. The van der Waals surface area contributed by atoms with Gasteiger partial charge in [-0.1, -0.05) is 36.4 Å². The third kappa shape index (κ3) is 4.58. The van der Waals surface area contributed by atoms with Gasteiger partial charge in [-0.3, -0.25) is 9.59 Å². The fourth-order valence-corrected chi connectivity index (χ4v) is 4.70. The van der Waals surface area contributed by atoms with Crippen LogP contribution in [0.3, 0.4) is 0 Å². The first-order chi connectivity index (χ1) is 17.4. The van der Waals surface area contributed by atoms with Crippen LogP contribution in [-0.4, -0.2) is 58.1 Å². The fraction of sp³-hybridized carbons (Fsp3) is 0.208. The molecule has 0 spiro atoms. The smallest absolute Gasteiger partial charge is 0.355 e. The topological polar surface area (TPSA) is 147 Å². The molecule has 184 valence electrons. The molecule has 1 saturated heterocycles. The molecule has 2 aliphatic rings. The van der Waals surface area contributed by atoms with Crippen molar-refractivity contribution in [3.63, 3.8) is 0 Å². The number of carboxylic acid groups (broad SMARTS) is 1. The van der Waals surface area contributed by atoms with E-state index in [1.165, 1.54) is 5.38 Å². The second-order valence-corrected chi connectivity index (χ2v) is 8.89. The Morgan fingerprint density at radius 3 is 2.61 bits per heavy atom. The monoisotopic (exact) mass is 508 g/mol. The van der Waals surface area contributed by atoms with E-state index in [0.29, 0.717) is 30.3 Å². The lowest BCUT2D eigenvalue weighted by atomic mass is 10.0. The van der Waals surface area contributed by atoms with Crippen molar-refractivity contribution in [1.82, 2.24) is 15.2 Å². The van der Waals surface area contributed by atoms with Crippen LogP contribution in [0.2, 0.25) is 0 Å². The van der Waals surface area contributed by atoms with Crippen LogP contribution in [0.25, 0.3) is 0 Å². The molecule has 3 N–H and O–H groups in total. The molecule has 3 aromatic rings. The molecule has 0 saturated carbocycles. The molecule has 2 aliphatic heterocycles.